The van der Waals surface area contributed by atoms with Crippen molar-refractivity contribution >= 4 is 11.7 Å². The lowest BCUT2D eigenvalue weighted by Crippen LogP contribution is -2.46. The summed E-state index contributed by atoms with van der Waals surface area (Å²) in [6.45, 7) is 5.13. The molecule has 0 aliphatic heterocycles. The minimum Gasteiger partial charge on any atom is -0.444 e. The van der Waals surface area contributed by atoms with Crippen LogP contribution in [0, 0.1) is 17.5 Å². The van der Waals surface area contributed by atoms with Crippen molar-refractivity contribution in [3.05, 3.63) is 75.4 Å². The van der Waals surface area contributed by atoms with Crippen LogP contribution in [-0.4, -0.2) is 37.3 Å². The number of aromatic nitrogens is 4. The number of ether oxygens (including phenoxy) is 1. The predicted octanol–water partition coefficient (Wildman–Crippen LogP) is 3.87. The Kier molecular flexibility index (Phi) is 5.61. The third-order valence-electron chi connectivity index (χ3n) is 5.98. The Balaban J connectivity index is 1.56. The third-order valence-corrected chi connectivity index (χ3v) is 5.98. The van der Waals surface area contributed by atoms with E-state index in [0.29, 0.717) is 23.0 Å². The second kappa shape index (κ2) is 8.54. The summed E-state index contributed by atoms with van der Waals surface area (Å²) >= 11 is 0. The van der Waals surface area contributed by atoms with E-state index in [1.165, 1.54) is 0 Å². The Morgan fingerprint density at radius 1 is 1.17 bits per heavy atom. The first-order valence-corrected chi connectivity index (χ1v) is 11.2. The Morgan fingerprint density at radius 2 is 1.92 bits per heavy atom. The summed E-state index contributed by atoms with van der Waals surface area (Å²) in [6.07, 6.45) is 1.39. The van der Waals surface area contributed by atoms with Gasteiger partial charge in [-0.05, 0) is 44.5 Å². The van der Waals surface area contributed by atoms with Gasteiger partial charge >= 0.3 is 11.8 Å². The van der Waals surface area contributed by atoms with Gasteiger partial charge in [0, 0.05) is 48.3 Å². The first kappa shape index (κ1) is 23.6. The average Bonchev–Trinajstić information content (AvgIpc) is 3.37. The summed E-state index contributed by atoms with van der Waals surface area (Å²) in [5.41, 5.74) is 1.60. The number of alkyl carbamates (subject to hydrolysis) is 1. The third kappa shape index (κ3) is 4.45. The van der Waals surface area contributed by atoms with Crippen molar-refractivity contribution < 1.29 is 27.2 Å². The van der Waals surface area contributed by atoms with Crippen molar-refractivity contribution in [2.45, 2.75) is 51.2 Å². The minimum atomic E-state index is -1.30. The highest BCUT2D eigenvalue weighted by atomic mass is 19.2. The number of amides is 1. The number of aromatic amines is 1. The normalized spacial score (nSPS) is 17.7. The van der Waals surface area contributed by atoms with Crippen molar-refractivity contribution in [2.75, 3.05) is 0 Å². The van der Waals surface area contributed by atoms with Crippen molar-refractivity contribution in [2.24, 2.45) is 0 Å². The molecule has 188 valence electrons. The largest absolute Gasteiger partial charge is 0.444 e. The quantitative estimate of drug-likeness (QED) is 0.412. The molecule has 5 rings (SSSR count). The number of rotatable bonds is 3. The maximum absolute atomic E-state index is 14.8. The van der Waals surface area contributed by atoms with E-state index in [1.54, 1.807) is 43.5 Å². The van der Waals surface area contributed by atoms with Gasteiger partial charge in [-0.2, -0.15) is 0 Å². The molecule has 1 amide bonds. The van der Waals surface area contributed by atoms with Crippen LogP contribution in [0.5, 0.6) is 0 Å². The Hall–Kier alpha value is -4.09. The zero-order valence-electron chi connectivity index (χ0n) is 19.6. The molecule has 0 saturated heterocycles. The van der Waals surface area contributed by atoms with E-state index in [2.05, 4.69) is 25.0 Å². The number of fused-ring (bicyclic) bond motifs is 3. The Morgan fingerprint density at radius 3 is 2.61 bits per heavy atom. The molecule has 0 bridgehead atoms. The molecular weight excluding hydrogens is 479 g/mol. The molecule has 0 unspecified atom stereocenters. The fourth-order valence-electron chi connectivity index (χ4n) is 4.49. The molecule has 4 aromatic rings. The second-order valence-electron chi connectivity index (χ2n) is 9.65. The van der Waals surface area contributed by atoms with Gasteiger partial charge in [0.2, 0.25) is 0 Å². The highest BCUT2D eigenvalue weighted by Crippen LogP contribution is 2.36. The first-order chi connectivity index (χ1) is 17.0. The van der Waals surface area contributed by atoms with E-state index < -0.39 is 46.9 Å². The number of hydrogen-bond donors (Lipinski definition) is 2. The standard InChI is InChI=1S/C24H22F3N5O4/c1-24(2,3)35-22(33)29-17-10-19-18(8-13(17)12-7-15(26)16(27)9-14(12)25)28-20-6-11(4-5-32(19)20)21-30-23(34)36-31-21/h4-7,9,13,17H,8,10H2,1-3H3,(H,29,33)(H,30,31,34)/t13-,17+/m1/s1. The molecule has 3 aromatic heterocycles. The van der Waals surface area contributed by atoms with Crippen LogP contribution in [0.15, 0.2) is 39.8 Å². The molecule has 0 radical (unpaired) electrons. The van der Waals surface area contributed by atoms with Gasteiger partial charge in [0.15, 0.2) is 17.5 Å². The van der Waals surface area contributed by atoms with E-state index in [4.69, 9.17) is 4.74 Å². The van der Waals surface area contributed by atoms with E-state index in [1.807, 2.05) is 0 Å². The van der Waals surface area contributed by atoms with E-state index in [9.17, 15) is 22.8 Å². The molecule has 0 spiro atoms. The Labute approximate surface area is 202 Å². The first-order valence-electron chi connectivity index (χ1n) is 11.2. The topological polar surface area (TPSA) is 115 Å². The van der Waals surface area contributed by atoms with Gasteiger partial charge in [0.05, 0.1) is 5.69 Å². The number of pyridine rings is 1. The van der Waals surface area contributed by atoms with Crippen LogP contribution in [0.2, 0.25) is 0 Å². The van der Waals surface area contributed by atoms with E-state index in [-0.39, 0.29) is 24.2 Å². The minimum absolute atomic E-state index is 0.0708. The lowest BCUT2D eigenvalue weighted by Gasteiger charge is -2.33. The molecule has 1 aromatic carbocycles. The van der Waals surface area contributed by atoms with Gasteiger partial charge in [0.25, 0.3) is 0 Å². The van der Waals surface area contributed by atoms with Gasteiger partial charge in [-0.3, -0.25) is 9.51 Å². The number of H-pyrrole nitrogens is 1. The number of nitrogens with zero attached hydrogens (tertiary/aromatic N) is 3. The maximum atomic E-state index is 14.8. The summed E-state index contributed by atoms with van der Waals surface area (Å²) in [5, 5.41) is 6.45. The smallest absolute Gasteiger partial charge is 0.439 e. The van der Waals surface area contributed by atoms with Crippen LogP contribution in [0.1, 0.15) is 43.6 Å². The van der Waals surface area contributed by atoms with Gasteiger partial charge in [-0.15, -0.1) is 0 Å². The number of imidazole rings is 1. The summed E-state index contributed by atoms with van der Waals surface area (Å²) in [6, 6.07) is 4.02. The van der Waals surface area contributed by atoms with Gasteiger partial charge in [-0.1, -0.05) is 5.16 Å². The Bertz CT molecular complexity index is 1540. The van der Waals surface area contributed by atoms with Crippen molar-refractivity contribution in [1.29, 1.82) is 0 Å². The van der Waals surface area contributed by atoms with E-state index in [0.717, 1.165) is 11.8 Å². The van der Waals surface area contributed by atoms with Crippen LogP contribution in [0.3, 0.4) is 0 Å². The van der Waals surface area contributed by atoms with Gasteiger partial charge in [-0.25, -0.2) is 27.7 Å². The van der Waals surface area contributed by atoms with Gasteiger partial charge < -0.3 is 14.5 Å². The van der Waals surface area contributed by atoms with Crippen molar-refractivity contribution in [1.82, 2.24) is 24.8 Å². The molecule has 3 heterocycles. The van der Waals surface area contributed by atoms with Crippen LogP contribution in [0.25, 0.3) is 17.0 Å². The zero-order chi connectivity index (χ0) is 25.8. The molecule has 12 heteroatoms. The monoisotopic (exact) mass is 501 g/mol. The fourth-order valence-corrected chi connectivity index (χ4v) is 4.49. The highest BCUT2D eigenvalue weighted by molar-refractivity contribution is 5.68. The molecule has 1 aliphatic carbocycles. The predicted molar refractivity (Wildman–Crippen MR) is 121 cm³/mol. The van der Waals surface area contributed by atoms with Crippen molar-refractivity contribution in [3.63, 3.8) is 0 Å². The SMILES string of the molecule is CC(C)(C)OC(=O)N[C@H]1Cc2c(nc3cc(-c4noc(=O)[nH]4)ccn23)C[C@@H]1c1cc(F)c(F)cc1F. The lowest BCUT2D eigenvalue weighted by molar-refractivity contribution is 0.0493. The molecule has 0 fully saturated rings. The summed E-state index contributed by atoms with van der Waals surface area (Å²) in [5.74, 6) is -4.60. The highest BCUT2D eigenvalue weighted by Gasteiger charge is 2.36. The molecule has 1 aliphatic rings. The second-order valence-corrected chi connectivity index (χ2v) is 9.65. The fraction of sp³-hybridized carbons (Fsp3) is 0.333. The van der Waals surface area contributed by atoms with E-state index >= 15 is 0 Å². The summed E-state index contributed by atoms with van der Waals surface area (Å²) in [4.78, 5) is 31.0. The van der Waals surface area contributed by atoms with Crippen LogP contribution in [0.4, 0.5) is 18.0 Å². The van der Waals surface area contributed by atoms with Crippen LogP contribution < -0.4 is 11.1 Å². The molecule has 36 heavy (non-hydrogen) atoms. The molecular formula is C24H22F3N5O4. The van der Waals surface area contributed by atoms with Crippen LogP contribution in [-0.2, 0) is 17.6 Å². The molecule has 0 saturated carbocycles. The lowest BCUT2D eigenvalue weighted by atomic mass is 9.80. The molecule has 2 N–H and O–H groups in total. The number of hydrogen-bond acceptors (Lipinski definition) is 6. The maximum Gasteiger partial charge on any atom is 0.439 e. The zero-order valence-corrected chi connectivity index (χ0v) is 19.6. The number of carbonyl (C=O) groups is 1. The number of benzene rings is 1. The van der Waals surface area contributed by atoms with Gasteiger partial charge in [0.1, 0.15) is 17.1 Å². The molecule has 2 atom stereocenters. The number of halogens is 3. The molecule has 9 nitrogen and oxygen atoms in total. The summed E-state index contributed by atoms with van der Waals surface area (Å²) in [7, 11) is 0. The number of nitrogens with one attached hydrogen (secondary N) is 2. The summed E-state index contributed by atoms with van der Waals surface area (Å²) < 4.78 is 54.2. The average molecular weight is 501 g/mol. The number of carbonyl (C=O) groups excluding carboxylic acids is 1. The van der Waals surface area contributed by atoms with Crippen molar-refractivity contribution in [3.8, 4) is 11.4 Å². The van der Waals surface area contributed by atoms with Crippen LogP contribution >= 0.6 is 0 Å².